The predicted molar refractivity (Wildman–Crippen MR) is 121 cm³/mol. The average molecular weight is 423 g/mol. The van der Waals surface area contributed by atoms with E-state index < -0.39 is 0 Å². The number of hydrogen-bond acceptors (Lipinski definition) is 4. The van der Waals surface area contributed by atoms with Gasteiger partial charge in [-0.15, -0.1) is 0 Å². The first-order valence-corrected chi connectivity index (χ1v) is 11.0. The maximum absolute atomic E-state index is 12.9. The lowest BCUT2D eigenvalue weighted by Crippen LogP contribution is -2.47. The highest BCUT2D eigenvalue weighted by atomic mass is 16.5. The maximum Gasteiger partial charge on any atom is 0.329 e. The van der Waals surface area contributed by atoms with Crippen molar-refractivity contribution in [2.24, 2.45) is 0 Å². The third-order valence-corrected chi connectivity index (χ3v) is 5.67. The van der Waals surface area contributed by atoms with Gasteiger partial charge in [-0.1, -0.05) is 49.4 Å². The monoisotopic (exact) mass is 422 g/mol. The second kappa shape index (κ2) is 9.94. The minimum Gasteiger partial charge on any atom is -0.374 e. The number of imidazole rings is 1. The molecule has 0 bridgehead atoms. The molecule has 0 spiro atoms. The van der Waals surface area contributed by atoms with Gasteiger partial charge < -0.3 is 10.1 Å². The quantitative estimate of drug-likeness (QED) is 0.605. The van der Waals surface area contributed by atoms with Gasteiger partial charge in [-0.25, -0.2) is 4.79 Å². The number of para-hydroxylation sites is 2. The fourth-order valence-electron chi connectivity index (χ4n) is 4.18. The van der Waals surface area contributed by atoms with Gasteiger partial charge in [0.2, 0.25) is 5.91 Å². The number of aromatic nitrogens is 2. The molecular formula is C24H30N4O3. The Kier molecular flexibility index (Phi) is 6.84. The number of benzene rings is 2. The molecular weight excluding hydrogens is 392 g/mol. The molecule has 7 nitrogen and oxygen atoms in total. The maximum atomic E-state index is 12.9. The summed E-state index contributed by atoms with van der Waals surface area (Å²) in [7, 11) is 0. The summed E-state index contributed by atoms with van der Waals surface area (Å²) in [6.45, 7) is 6.30. The molecule has 0 aliphatic carbocycles. The zero-order valence-corrected chi connectivity index (χ0v) is 18.0. The Morgan fingerprint density at radius 2 is 1.77 bits per heavy atom. The van der Waals surface area contributed by atoms with Crippen LogP contribution >= 0.6 is 0 Å². The minimum atomic E-state index is -0.176. The Balaban J connectivity index is 1.35. The van der Waals surface area contributed by atoms with Crippen molar-refractivity contribution < 1.29 is 9.53 Å². The van der Waals surface area contributed by atoms with Gasteiger partial charge >= 0.3 is 5.69 Å². The van der Waals surface area contributed by atoms with E-state index in [1.54, 1.807) is 9.13 Å². The molecule has 1 aromatic heterocycles. The first-order chi connectivity index (χ1) is 15.2. The Morgan fingerprint density at radius 1 is 1.06 bits per heavy atom. The van der Waals surface area contributed by atoms with E-state index in [-0.39, 0.29) is 24.2 Å². The molecule has 1 aliphatic rings. The van der Waals surface area contributed by atoms with Crippen LogP contribution in [0.3, 0.4) is 0 Å². The largest absolute Gasteiger partial charge is 0.374 e. The molecule has 164 valence electrons. The van der Waals surface area contributed by atoms with Gasteiger partial charge in [-0.3, -0.25) is 18.8 Å². The number of morpholine rings is 1. The summed E-state index contributed by atoms with van der Waals surface area (Å²) in [5, 5.41) is 2.96. The van der Waals surface area contributed by atoms with Gasteiger partial charge in [0.1, 0.15) is 6.54 Å². The van der Waals surface area contributed by atoms with Crippen molar-refractivity contribution in [2.75, 3.05) is 26.2 Å². The van der Waals surface area contributed by atoms with Crippen molar-refractivity contribution in [3.05, 3.63) is 70.6 Å². The Hall–Kier alpha value is -2.90. The van der Waals surface area contributed by atoms with Crippen LogP contribution in [-0.4, -0.2) is 52.3 Å². The van der Waals surface area contributed by atoms with Crippen molar-refractivity contribution in [3.8, 4) is 0 Å². The number of nitrogens with zero attached hydrogens (tertiary/aromatic N) is 3. The molecule has 1 atom stereocenters. The SMILES string of the molecule is CCCn1c(=O)n(CC(=O)NC[C@@H]2CN(Cc3ccccc3)CCO2)c2ccccc21. The molecule has 1 N–H and O–H groups in total. The third kappa shape index (κ3) is 5.06. The summed E-state index contributed by atoms with van der Waals surface area (Å²) in [6.07, 6.45) is 0.804. The summed E-state index contributed by atoms with van der Waals surface area (Å²) < 4.78 is 9.15. The standard InChI is InChI=1S/C24H30N4O3/c1-2-12-27-21-10-6-7-11-22(21)28(24(27)30)18-23(29)25-15-20-17-26(13-14-31-20)16-19-8-4-3-5-9-19/h3-11,20H,2,12-18H2,1H3,(H,25,29)/t20-/m1/s1. The second-order valence-electron chi connectivity index (χ2n) is 8.03. The molecule has 7 heteroatoms. The number of nitrogens with one attached hydrogen (secondary N) is 1. The number of carbonyl (C=O) groups excluding carboxylic acids is 1. The molecule has 2 heterocycles. The topological polar surface area (TPSA) is 68.5 Å². The normalized spacial score (nSPS) is 17.1. The fraction of sp³-hybridized carbons (Fsp3) is 0.417. The van der Waals surface area contributed by atoms with Crippen molar-refractivity contribution in [3.63, 3.8) is 0 Å². The van der Waals surface area contributed by atoms with E-state index in [1.165, 1.54) is 5.56 Å². The van der Waals surface area contributed by atoms with Gasteiger partial charge in [0.25, 0.3) is 0 Å². The molecule has 0 saturated carbocycles. The highest BCUT2D eigenvalue weighted by Gasteiger charge is 2.22. The van der Waals surface area contributed by atoms with E-state index in [0.29, 0.717) is 19.7 Å². The zero-order valence-electron chi connectivity index (χ0n) is 18.0. The van der Waals surface area contributed by atoms with E-state index in [9.17, 15) is 9.59 Å². The van der Waals surface area contributed by atoms with Gasteiger partial charge in [0.15, 0.2) is 0 Å². The predicted octanol–water partition coefficient (Wildman–Crippen LogP) is 2.23. The molecule has 1 fully saturated rings. The zero-order chi connectivity index (χ0) is 21.6. The molecule has 2 aromatic carbocycles. The van der Waals surface area contributed by atoms with E-state index in [0.717, 1.165) is 37.1 Å². The van der Waals surface area contributed by atoms with Crippen molar-refractivity contribution in [2.45, 2.75) is 39.1 Å². The van der Waals surface area contributed by atoms with Gasteiger partial charge in [-0.2, -0.15) is 0 Å². The van der Waals surface area contributed by atoms with E-state index in [2.05, 4.69) is 22.3 Å². The number of fused-ring (bicyclic) bond motifs is 1. The lowest BCUT2D eigenvalue weighted by atomic mass is 10.2. The van der Waals surface area contributed by atoms with E-state index in [1.807, 2.05) is 49.4 Å². The van der Waals surface area contributed by atoms with Crippen LogP contribution in [0.5, 0.6) is 0 Å². The van der Waals surface area contributed by atoms with Gasteiger partial charge in [0, 0.05) is 32.7 Å². The molecule has 1 aliphatic heterocycles. The summed E-state index contributed by atoms with van der Waals surface area (Å²) in [6, 6.07) is 18.0. The van der Waals surface area contributed by atoms with Gasteiger partial charge in [0.05, 0.1) is 23.7 Å². The summed E-state index contributed by atoms with van der Waals surface area (Å²) in [4.78, 5) is 27.8. The highest BCUT2D eigenvalue weighted by Crippen LogP contribution is 2.13. The lowest BCUT2D eigenvalue weighted by Gasteiger charge is -2.33. The van der Waals surface area contributed by atoms with Crippen LogP contribution in [0, 0.1) is 0 Å². The van der Waals surface area contributed by atoms with Gasteiger partial charge in [-0.05, 0) is 24.1 Å². The van der Waals surface area contributed by atoms with Crippen LogP contribution in [0.2, 0.25) is 0 Å². The number of rotatable bonds is 8. The summed E-state index contributed by atoms with van der Waals surface area (Å²) >= 11 is 0. The van der Waals surface area contributed by atoms with Crippen LogP contribution in [0.15, 0.2) is 59.4 Å². The Labute approximate surface area is 182 Å². The van der Waals surface area contributed by atoms with Crippen LogP contribution in [-0.2, 0) is 29.2 Å². The molecule has 3 aromatic rings. The number of amides is 1. The van der Waals surface area contributed by atoms with E-state index >= 15 is 0 Å². The van der Waals surface area contributed by atoms with Crippen molar-refractivity contribution in [1.82, 2.24) is 19.4 Å². The average Bonchev–Trinajstić information content (AvgIpc) is 3.05. The molecule has 1 amide bonds. The van der Waals surface area contributed by atoms with Crippen molar-refractivity contribution in [1.29, 1.82) is 0 Å². The highest BCUT2D eigenvalue weighted by molar-refractivity contribution is 5.80. The molecule has 4 rings (SSSR count). The number of aryl methyl sites for hydroxylation is 1. The summed E-state index contributed by atoms with van der Waals surface area (Å²) in [5.74, 6) is -0.176. The number of carbonyl (C=O) groups is 1. The van der Waals surface area contributed by atoms with Crippen LogP contribution in [0.4, 0.5) is 0 Å². The minimum absolute atomic E-state index is 0.0104. The number of ether oxygens (including phenoxy) is 1. The second-order valence-corrected chi connectivity index (χ2v) is 8.03. The van der Waals surface area contributed by atoms with E-state index in [4.69, 9.17) is 4.74 Å². The Bertz CT molecular complexity index is 1070. The molecule has 31 heavy (non-hydrogen) atoms. The first-order valence-electron chi connectivity index (χ1n) is 11.0. The van der Waals surface area contributed by atoms with Crippen molar-refractivity contribution >= 4 is 16.9 Å². The Morgan fingerprint density at radius 3 is 2.52 bits per heavy atom. The third-order valence-electron chi connectivity index (χ3n) is 5.67. The van der Waals surface area contributed by atoms with Crippen LogP contribution < -0.4 is 11.0 Å². The van der Waals surface area contributed by atoms with Crippen LogP contribution in [0.25, 0.3) is 11.0 Å². The lowest BCUT2D eigenvalue weighted by molar-refractivity contribution is -0.122. The molecule has 0 unspecified atom stereocenters. The fourth-order valence-corrected chi connectivity index (χ4v) is 4.18. The smallest absolute Gasteiger partial charge is 0.329 e. The molecule has 1 saturated heterocycles. The number of hydrogen-bond donors (Lipinski definition) is 1. The van der Waals surface area contributed by atoms with Crippen LogP contribution in [0.1, 0.15) is 18.9 Å². The summed E-state index contributed by atoms with van der Waals surface area (Å²) in [5.41, 5.74) is 2.80. The molecule has 0 radical (unpaired) electrons. The first kappa shape index (κ1) is 21.3.